The van der Waals surface area contributed by atoms with E-state index in [2.05, 4.69) is 21.7 Å². The third kappa shape index (κ3) is 5.10. The van der Waals surface area contributed by atoms with Crippen LogP contribution in [0.3, 0.4) is 0 Å². The van der Waals surface area contributed by atoms with E-state index in [4.69, 9.17) is 4.98 Å². The van der Waals surface area contributed by atoms with Crippen LogP contribution in [0.4, 0.5) is 5.69 Å². The van der Waals surface area contributed by atoms with Crippen LogP contribution in [0.1, 0.15) is 44.9 Å². The van der Waals surface area contributed by atoms with Crippen LogP contribution in [0.2, 0.25) is 0 Å². The summed E-state index contributed by atoms with van der Waals surface area (Å²) in [7, 11) is -3.13. The first-order chi connectivity index (χ1) is 14.8. The number of fused-ring (bicyclic) bond motifs is 1. The van der Waals surface area contributed by atoms with Crippen LogP contribution in [0.15, 0.2) is 18.2 Å². The molecule has 31 heavy (non-hydrogen) atoms. The minimum absolute atomic E-state index is 0.123. The van der Waals surface area contributed by atoms with Crippen LogP contribution < -0.4 is 5.32 Å². The molecule has 0 unspecified atom stereocenters. The number of nitrogens with one attached hydrogen (secondary N) is 1. The zero-order chi connectivity index (χ0) is 22.0. The van der Waals surface area contributed by atoms with E-state index in [9.17, 15) is 13.2 Å². The number of carbonyl (C=O) groups is 1. The molecule has 2 heterocycles. The zero-order valence-corrected chi connectivity index (χ0v) is 19.3. The molecule has 0 bridgehead atoms. The highest BCUT2D eigenvalue weighted by Crippen LogP contribution is 2.26. The Kier molecular flexibility index (Phi) is 6.64. The third-order valence-corrected chi connectivity index (χ3v) is 7.86. The van der Waals surface area contributed by atoms with E-state index in [0.29, 0.717) is 32.7 Å². The van der Waals surface area contributed by atoms with Gasteiger partial charge in [-0.2, -0.15) is 4.31 Å². The van der Waals surface area contributed by atoms with Crippen molar-refractivity contribution in [3.8, 4) is 0 Å². The van der Waals surface area contributed by atoms with E-state index in [1.807, 2.05) is 18.2 Å². The number of anilines is 1. The van der Waals surface area contributed by atoms with Crippen molar-refractivity contribution >= 4 is 32.7 Å². The highest BCUT2D eigenvalue weighted by Gasteiger charge is 2.25. The van der Waals surface area contributed by atoms with Gasteiger partial charge in [0.25, 0.3) is 0 Å². The van der Waals surface area contributed by atoms with Gasteiger partial charge in [-0.05, 0) is 38.0 Å². The number of piperazine rings is 1. The molecular weight excluding hydrogens is 414 g/mol. The van der Waals surface area contributed by atoms with Gasteiger partial charge in [0.15, 0.2) is 0 Å². The lowest BCUT2D eigenvalue weighted by atomic mass is 9.88. The Balaban J connectivity index is 1.46. The molecule has 8 nitrogen and oxygen atoms in total. The monoisotopic (exact) mass is 447 g/mol. The quantitative estimate of drug-likeness (QED) is 0.736. The molecule has 2 aromatic rings. The summed E-state index contributed by atoms with van der Waals surface area (Å²) < 4.78 is 27.2. The molecule has 1 saturated carbocycles. The number of imidazole rings is 1. The van der Waals surface area contributed by atoms with Crippen molar-refractivity contribution in [3.63, 3.8) is 0 Å². The molecule has 1 saturated heterocycles. The van der Waals surface area contributed by atoms with Gasteiger partial charge in [0.1, 0.15) is 5.82 Å². The minimum Gasteiger partial charge on any atom is -0.327 e. The predicted molar refractivity (Wildman–Crippen MR) is 122 cm³/mol. The summed E-state index contributed by atoms with van der Waals surface area (Å²) in [5.74, 6) is 1.22. The second-order valence-corrected chi connectivity index (χ2v) is 10.7. The summed E-state index contributed by atoms with van der Waals surface area (Å²) in [6.45, 7) is 6.02. The van der Waals surface area contributed by atoms with Crippen LogP contribution in [0.25, 0.3) is 11.0 Å². The molecule has 1 aliphatic carbocycles. The lowest BCUT2D eigenvalue weighted by Crippen LogP contribution is -2.48. The van der Waals surface area contributed by atoms with Crippen molar-refractivity contribution in [3.05, 3.63) is 24.0 Å². The molecule has 170 valence electrons. The molecule has 1 aromatic carbocycles. The van der Waals surface area contributed by atoms with E-state index >= 15 is 0 Å². The lowest BCUT2D eigenvalue weighted by molar-refractivity contribution is -0.120. The highest BCUT2D eigenvalue weighted by atomic mass is 32.2. The molecule has 1 aromatic heterocycles. The molecule has 0 radical (unpaired) electrons. The van der Waals surface area contributed by atoms with Crippen LogP contribution in [-0.4, -0.2) is 65.5 Å². The van der Waals surface area contributed by atoms with Crippen molar-refractivity contribution in [2.75, 3.05) is 37.8 Å². The average Bonchev–Trinajstić information content (AvgIpc) is 3.10. The maximum absolute atomic E-state index is 12.6. The third-order valence-electron chi connectivity index (χ3n) is 6.55. The van der Waals surface area contributed by atoms with E-state index in [1.165, 1.54) is 17.0 Å². The van der Waals surface area contributed by atoms with Crippen molar-refractivity contribution in [2.45, 2.75) is 52.1 Å². The standard InChI is InChI=1S/C22H33N5O3S/c1-3-27-20-10-9-18(23-22(28)17-7-5-4-6-8-17)15-19(20)24-21(27)16-25-11-13-26(14-12-25)31(2,29)30/h9-10,15,17H,3-8,11-14,16H2,1-2H3,(H,23,28). The number of hydrogen-bond donors (Lipinski definition) is 1. The Morgan fingerprint density at radius 2 is 1.84 bits per heavy atom. The molecule has 1 aliphatic heterocycles. The SMILES string of the molecule is CCn1c(CN2CCN(S(C)(=O)=O)CC2)nc2cc(NC(=O)C3CCCCC3)ccc21. The summed E-state index contributed by atoms with van der Waals surface area (Å²) in [5.41, 5.74) is 2.74. The number of aryl methyl sites for hydroxylation is 1. The molecule has 1 N–H and O–H groups in total. The number of rotatable bonds is 6. The van der Waals surface area contributed by atoms with Crippen LogP contribution >= 0.6 is 0 Å². The lowest BCUT2D eigenvalue weighted by Gasteiger charge is -2.32. The molecule has 2 aliphatic rings. The van der Waals surface area contributed by atoms with E-state index in [0.717, 1.165) is 54.8 Å². The van der Waals surface area contributed by atoms with Crippen LogP contribution in [0.5, 0.6) is 0 Å². The van der Waals surface area contributed by atoms with Gasteiger partial charge in [0.2, 0.25) is 15.9 Å². The van der Waals surface area contributed by atoms with Gasteiger partial charge in [0, 0.05) is 44.3 Å². The van der Waals surface area contributed by atoms with E-state index < -0.39 is 10.0 Å². The highest BCUT2D eigenvalue weighted by molar-refractivity contribution is 7.88. The number of sulfonamides is 1. The first-order valence-corrected chi connectivity index (χ1v) is 13.2. The largest absolute Gasteiger partial charge is 0.327 e. The van der Waals surface area contributed by atoms with Crippen LogP contribution in [-0.2, 0) is 27.9 Å². The summed E-state index contributed by atoms with van der Waals surface area (Å²) >= 11 is 0. The summed E-state index contributed by atoms with van der Waals surface area (Å²) in [5, 5.41) is 3.09. The Morgan fingerprint density at radius 1 is 1.13 bits per heavy atom. The smallest absolute Gasteiger partial charge is 0.227 e. The summed E-state index contributed by atoms with van der Waals surface area (Å²) in [6, 6.07) is 5.96. The van der Waals surface area contributed by atoms with Gasteiger partial charge in [0.05, 0.1) is 23.8 Å². The first kappa shape index (κ1) is 22.2. The molecule has 0 atom stereocenters. The fraction of sp³-hybridized carbons (Fsp3) is 0.636. The molecule has 0 spiro atoms. The van der Waals surface area contributed by atoms with Gasteiger partial charge in [-0.15, -0.1) is 0 Å². The van der Waals surface area contributed by atoms with E-state index in [1.54, 1.807) is 0 Å². The number of aromatic nitrogens is 2. The number of benzene rings is 1. The topological polar surface area (TPSA) is 87.5 Å². The summed E-state index contributed by atoms with van der Waals surface area (Å²) in [4.78, 5) is 19.7. The number of carbonyl (C=O) groups excluding carboxylic acids is 1. The van der Waals surface area contributed by atoms with Crippen molar-refractivity contribution in [1.82, 2.24) is 18.8 Å². The molecule has 4 rings (SSSR count). The van der Waals surface area contributed by atoms with Gasteiger partial charge in [-0.3, -0.25) is 9.69 Å². The number of hydrogen-bond acceptors (Lipinski definition) is 5. The average molecular weight is 448 g/mol. The van der Waals surface area contributed by atoms with Crippen LogP contribution in [0, 0.1) is 5.92 Å². The molecular formula is C22H33N5O3S. The van der Waals surface area contributed by atoms with Gasteiger partial charge < -0.3 is 9.88 Å². The first-order valence-electron chi connectivity index (χ1n) is 11.3. The molecule has 9 heteroatoms. The van der Waals surface area contributed by atoms with Gasteiger partial charge in [-0.1, -0.05) is 19.3 Å². The Hall–Kier alpha value is -1.97. The molecule has 2 fully saturated rings. The van der Waals surface area contributed by atoms with Gasteiger partial charge in [-0.25, -0.2) is 13.4 Å². The van der Waals surface area contributed by atoms with E-state index in [-0.39, 0.29) is 11.8 Å². The van der Waals surface area contributed by atoms with Crippen molar-refractivity contribution in [1.29, 1.82) is 0 Å². The second-order valence-electron chi connectivity index (χ2n) is 8.74. The second kappa shape index (κ2) is 9.26. The number of amides is 1. The zero-order valence-electron chi connectivity index (χ0n) is 18.5. The predicted octanol–water partition coefficient (Wildman–Crippen LogP) is 2.65. The van der Waals surface area contributed by atoms with Crippen molar-refractivity contribution in [2.24, 2.45) is 5.92 Å². The molecule has 1 amide bonds. The Labute approximate surface area is 184 Å². The number of nitrogens with zero attached hydrogens (tertiary/aromatic N) is 4. The van der Waals surface area contributed by atoms with Crippen molar-refractivity contribution < 1.29 is 13.2 Å². The Morgan fingerprint density at radius 3 is 2.48 bits per heavy atom. The fourth-order valence-corrected chi connectivity index (χ4v) is 5.59. The van der Waals surface area contributed by atoms with Gasteiger partial charge >= 0.3 is 0 Å². The normalized spacial score (nSPS) is 19.7. The Bertz CT molecular complexity index is 1030. The summed E-state index contributed by atoms with van der Waals surface area (Å²) in [6.07, 6.45) is 6.74. The maximum Gasteiger partial charge on any atom is 0.227 e. The fourth-order valence-electron chi connectivity index (χ4n) is 4.76. The maximum atomic E-state index is 12.6. The minimum atomic E-state index is -3.13.